The van der Waals surface area contributed by atoms with Crippen molar-refractivity contribution in [2.24, 2.45) is 0 Å². The number of para-hydroxylation sites is 2. The van der Waals surface area contributed by atoms with Gasteiger partial charge in [0.05, 0.1) is 6.54 Å². The fourth-order valence-corrected chi connectivity index (χ4v) is 1.95. The van der Waals surface area contributed by atoms with Gasteiger partial charge >= 0.3 is 5.63 Å². The Bertz CT molecular complexity index is 841. The molecule has 5 nitrogen and oxygen atoms in total. The second-order valence-electron chi connectivity index (χ2n) is 4.46. The van der Waals surface area contributed by atoms with E-state index in [-0.39, 0.29) is 18.1 Å². The molecule has 2 aromatic carbocycles. The Balaban J connectivity index is 1.81. The molecule has 0 spiro atoms. The highest BCUT2D eigenvalue weighted by Gasteiger charge is 2.09. The average Bonchev–Trinajstić information content (AvgIpc) is 2.53. The van der Waals surface area contributed by atoms with Crippen molar-refractivity contribution in [1.29, 1.82) is 0 Å². The molecule has 1 heterocycles. The minimum Gasteiger partial charge on any atom is -0.418 e. The van der Waals surface area contributed by atoms with Gasteiger partial charge in [-0.25, -0.2) is 9.78 Å². The van der Waals surface area contributed by atoms with Crippen LogP contribution in [0.3, 0.4) is 0 Å². The Labute approximate surface area is 120 Å². The van der Waals surface area contributed by atoms with Gasteiger partial charge in [-0.3, -0.25) is 4.79 Å². The van der Waals surface area contributed by atoms with Crippen molar-refractivity contribution in [3.63, 3.8) is 0 Å². The van der Waals surface area contributed by atoms with E-state index in [1.54, 1.807) is 48.5 Å². The molecule has 5 heteroatoms. The third-order valence-electron chi connectivity index (χ3n) is 3.01. The molecule has 104 valence electrons. The van der Waals surface area contributed by atoms with E-state index in [9.17, 15) is 9.59 Å². The molecular weight excluding hydrogens is 268 g/mol. The first-order valence-corrected chi connectivity index (χ1v) is 6.46. The number of fused-ring (bicyclic) bond motifs is 1. The Kier molecular flexibility index (Phi) is 3.47. The molecule has 0 amide bonds. The lowest BCUT2D eigenvalue weighted by molar-refractivity contribution is 0.101. The predicted molar refractivity (Wildman–Crippen MR) is 79.5 cm³/mol. The summed E-state index contributed by atoms with van der Waals surface area (Å²) in [6, 6.07) is 15.8. The molecule has 21 heavy (non-hydrogen) atoms. The zero-order valence-electron chi connectivity index (χ0n) is 11.1. The molecule has 0 bridgehead atoms. The molecule has 3 aromatic rings. The van der Waals surface area contributed by atoms with Crippen LogP contribution in [-0.4, -0.2) is 17.3 Å². The maximum absolute atomic E-state index is 12.0. The van der Waals surface area contributed by atoms with Crippen LogP contribution >= 0.6 is 0 Å². The van der Waals surface area contributed by atoms with Gasteiger partial charge < -0.3 is 9.73 Å². The fraction of sp³-hybridized carbons (Fsp3) is 0.0625. The summed E-state index contributed by atoms with van der Waals surface area (Å²) in [7, 11) is 0. The van der Waals surface area contributed by atoms with Crippen molar-refractivity contribution in [3.8, 4) is 0 Å². The second-order valence-corrected chi connectivity index (χ2v) is 4.46. The lowest BCUT2D eigenvalue weighted by Crippen LogP contribution is -2.19. The summed E-state index contributed by atoms with van der Waals surface area (Å²) in [4.78, 5) is 27.9. The van der Waals surface area contributed by atoms with Crippen LogP contribution in [0.25, 0.3) is 11.1 Å². The average molecular weight is 280 g/mol. The van der Waals surface area contributed by atoms with E-state index >= 15 is 0 Å². The summed E-state index contributed by atoms with van der Waals surface area (Å²) in [6.07, 6.45) is 0. The van der Waals surface area contributed by atoms with Crippen molar-refractivity contribution in [3.05, 3.63) is 70.6 Å². The lowest BCUT2D eigenvalue weighted by atomic mass is 10.1. The van der Waals surface area contributed by atoms with Gasteiger partial charge in [-0.2, -0.15) is 0 Å². The molecule has 0 aliphatic heterocycles. The third kappa shape index (κ3) is 2.81. The number of Topliss-reactive ketones (excluding diaryl/α,β-unsaturated/α-hetero) is 1. The molecule has 0 saturated carbocycles. The molecule has 3 rings (SSSR count). The summed E-state index contributed by atoms with van der Waals surface area (Å²) in [5.41, 5.74) is 0.971. The SMILES string of the molecule is O=C(CNc1nc2ccccc2oc1=O)c1ccccc1. The highest BCUT2D eigenvalue weighted by atomic mass is 16.4. The number of nitrogens with zero attached hydrogens (tertiary/aromatic N) is 1. The topological polar surface area (TPSA) is 72.2 Å². The molecule has 1 N–H and O–H groups in total. The lowest BCUT2D eigenvalue weighted by Gasteiger charge is -2.04. The van der Waals surface area contributed by atoms with Gasteiger partial charge in [0.1, 0.15) is 5.52 Å². The van der Waals surface area contributed by atoms with Crippen molar-refractivity contribution < 1.29 is 9.21 Å². The first kappa shape index (κ1) is 13.1. The molecule has 0 aliphatic carbocycles. The van der Waals surface area contributed by atoms with Crippen LogP contribution in [0.4, 0.5) is 5.82 Å². The number of rotatable bonds is 4. The van der Waals surface area contributed by atoms with Crippen molar-refractivity contribution in [1.82, 2.24) is 4.98 Å². The van der Waals surface area contributed by atoms with E-state index in [1.807, 2.05) is 6.07 Å². The third-order valence-corrected chi connectivity index (χ3v) is 3.01. The number of ketones is 1. The first-order chi connectivity index (χ1) is 10.2. The van der Waals surface area contributed by atoms with Crippen LogP contribution in [0.2, 0.25) is 0 Å². The fourth-order valence-electron chi connectivity index (χ4n) is 1.95. The second kappa shape index (κ2) is 5.58. The Morgan fingerprint density at radius 1 is 1.05 bits per heavy atom. The first-order valence-electron chi connectivity index (χ1n) is 6.46. The standard InChI is InChI=1S/C16H12N2O3/c19-13(11-6-2-1-3-7-11)10-17-15-16(20)21-14-9-5-4-8-12(14)18-15/h1-9H,10H2,(H,17,18). The van der Waals surface area contributed by atoms with E-state index in [0.717, 1.165) is 0 Å². The molecular formula is C16H12N2O3. The zero-order valence-corrected chi connectivity index (χ0v) is 11.1. The smallest absolute Gasteiger partial charge is 0.379 e. The molecule has 0 saturated heterocycles. The molecule has 0 radical (unpaired) electrons. The van der Waals surface area contributed by atoms with Gasteiger partial charge in [0.25, 0.3) is 0 Å². The maximum atomic E-state index is 12.0. The minimum atomic E-state index is -0.588. The normalized spacial score (nSPS) is 10.5. The predicted octanol–water partition coefficient (Wildman–Crippen LogP) is 2.48. The zero-order chi connectivity index (χ0) is 14.7. The van der Waals surface area contributed by atoms with E-state index in [1.165, 1.54) is 0 Å². The largest absolute Gasteiger partial charge is 0.418 e. The molecule has 0 atom stereocenters. The number of hydrogen-bond donors (Lipinski definition) is 1. The molecule has 0 fully saturated rings. The number of benzene rings is 2. The van der Waals surface area contributed by atoms with Crippen LogP contribution < -0.4 is 10.9 Å². The van der Waals surface area contributed by atoms with Crippen LogP contribution in [-0.2, 0) is 0 Å². The number of aromatic nitrogens is 1. The number of hydrogen-bond acceptors (Lipinski definition) is 5. The summed E-state index contributed by atoms with van der Waals surface area (Å²) >= 11 is 0. The number of anilines is 1. The Morgan fingerprint density at radius 2 is 1.76 bits per heavy atom. The number of carbonyl (C=O) groups is 1. The highest BCUT2D eigenvalue weighted by Crippen LogP contribution is 2.10. The highest BCUT2D eigenvalue weighted by molar-refractivity contribution is 5.98. The van der Waals surface area contributed by atoms with Crippen molar-refractivity contribution >= 4 is 22.7 Å². The van der Waals surface area contributed by atoms with Gasteiger partial charge in [0, 0.05) is 5.56 Å². The van der Waals surface area contributed by atoms with E-state index < -0.39 is 5.63 Å². The maximum Gasteiger partial charge on any atom is 0.379 e. The van der Waals surface area contributed by atoms with Gasteiger partial charge in [-0.15, -0.1) is 0 Å². The van der Waals surface area contributed by atoms with Gasteiger partial charge in [0.2, 0.25) is 5.82 Å². The van der Waals surface area contributed by atoms with E-state index in [2.05, 4.69) is 10.3 Å². The van der Waals surface area contributed by atoms with Crippen molar-refractivity contribution in [2.75, 3.05) is 11.9 Å². The Hall–Kier alpha value is -2.95. The number of carbonyl (C=O) groups excluding carboxylic acids is 1. The van der Waals surface area contributed by atoms with Crippen LogP contribution in [0.1, 0.15) is 10.4 Å². The molecule has 0 unspecified atom stereocenters. The van der Waals surface area contributed by atoms with Gasteiger partial charge in [-0.05, 0) is 12.1 Å². The monoisotopic (exact) mass is 280 g/mol. The minimum absolute atomic E-state index is 0.0138. The van der Waals surface area contributed by atoms with Crippen LogP contribution in [0, 0.1) is 0 Å². The van der Waals surface area contributed by atoms with E-state index in [4.69, 9.17) is 4.42 Å². The number of nitrogens with one attached hydrogen (secondary N) is 1. The van der Waals surface area contributed by atoms with Gasteiger partial charge in [0.15, 0.2) is 11.4 Å². The van der Waals surface area contributed by atoms with Crippen LogP contribution in [0.5, 0.6) is 0 Å². The summed E-state index contributed by atoms with van der Waals surface area (Å²) in [6.45, 7) is -0.0138. The van der Waals surface area contributed by atoms with Gasteiger partial charge in [-0.1, -0.05) is 42.5 Å². The quantitative estimate of drug-likeness (QED) is 0.743. The molecule has 1 aromatic heterocycles. The van der Waals surface area contributed by atoms with Crippen molar-refractivity contribution in [2.45, 2.75) is 0 Å². The Morgan fingerprint density at radius 3 is 2.57 bits per heavy atom. The van der Waals surface area contributed by atoms with E-state index in [0.29, 0.717) is 16.7 Å². The van der Waals surface area contributed by atoms with Crippen LogP contribution in [0.15, 0.2) is 63.8 Å². The summed E-state index contributed by atoms with van der Waals surface area (Å²) in [5.74, 6) is -0.0806. The summed E-state index contributed by atoms with van der Waals surface area (Å²) < 4.78 is 5.14. The molecule has 0 aliphatic rings. The summed E-state index contributed by atoms with van der Waals surface area (Å²) in [5, 5.41) is 2.74.